The van der Waals surface area contributed by atoms with Crippen LogP contribution in [0.25, 0.3) is 10.2 Å². The SMILES string of the molecule is Nc1nc2cc3c(cc2s1)OCCC3. The zero-order valence-corrected chi connectivity index (χ0v) is 8.43. The summed E-state index contributed by atoms with van der Waals surface area (Å²) in [5.41, 5.74) is 7.91. The number of nitrogens with zero attached hydrogens (tertiary/aromatic N) is 1. The highest BCUT2D eigenvalue weighted by molar-refractivity contribution is 7.22. The van der Waals surface area contributed by atoms with Gasteiger partial charge < -0.3 is 10.5 Å². The number of benzene rings is 1. The Labute approximate surface area is 85.5 Å². The predicted molar refractivity (Wildman–Crippen MR) is 57.8 cm³/mol. The highest BCUT2D eigenvalue weighted by Gasteiger charge is 2.13. The largest absolute Gasteiger partial charge is 0.493 e. The van der Waals surface area contributed by atoms with Crippen LogP contribution < -0.4 is 10.5 Å². The van der Waals surface area contributed by atoms with Crippen LogP contribution in [-0.2, 0) is 6.42 Å². The Kier molecular flexibility index (Phi) is 1.64. The summed E-state index contributed by atoms with van der Waals surface area (Å²) in [6.45, 7) is 0.826. The average molecular weight is 206 g/mol. The standard InChI is InChI=1S/C10H10N2OS/c11-10-12-7-4-6-2-1-3-13-8(6)5-9(7)14-10/h4-5H,1-3H2,(H2,11,12). The number of ether oxygens (including phenoxy) is 1. The number of hydrogen-bond donors (Lipinski definition) is 1. The maximum Gasteiger partial charge on any atom is 0.181 e. The molecular formula is C10H10N2OS. The molecule has 4 heteroatoms. The van der Waals surface area contributed by atoms with Gasteiger partial charge in [0, 0.05) is 0 Å². The van der Waals surface area contributed by atoms with E-state index in [9.17, 15) is 0 Å². The molecule has 0 spiro atoms. The first-order valence-corrected chi connectivity index (χ1v) is 5.46. The highest BCUT2D eigenvalue weighted by atomic mass is 32.1. The van der Waals surface area contributed by atoms with E-state index in [4.69, 9.17) is 10.5 Å². The Bertz CT molecular complexity index is 449. The predicted octanol–water partition coefficient (Wildman–Crippen LogP) is 2.20. The van der Waals surface area contributed by atoms with E-state index in [0.717, 1.165) is 35.4 Å². The van der Waals surface area contributed by atoms with Gasteiger partial charge in [0.15, 0.2) is 5.13 Å². The number of anilines is 1. The molecule has 2 aromatic rings. The summed E-state index contributed by atoms with van der Waals surface area (Å²) in [5.74, 6) is 1.01. The summed E-state index contributed by atoms with van der Waals surface area (Å²) < 4.78 is 6.69. The van der Waals surface area contributed by atoms with E-state index in [-0.39, 0.29) is 0 Å². The molecule has 1 aromatic heterocycles. The van der Waals surface area contributed by atoms with Crippen molar-refractivity contribution >= 4 is 26.7 Å². The molecule has 0 aliphatic carbocycles. The number of aryl methyl sites for hydroxylation is 1. The Hall–Kier alpha value is -1.29. The van der Waals surface area contributed by atoms with Crippen molar-refractivity contribution in [3.63, 3.8) is 0 Å². The van der Waals surface area contributed by atoms with Gasteiger partial charge in [-0.25, -0.2) is 4.98 Å². The monoisotopic (exact) mass is 206 g/mol. The maximum absolute atomic E-state index is 5.66. The summed E-state index contributed by atoms with van der Waals surface area (Å²) in [4.78, 5) is 4.26. The van der Waals surface area contributed by atoms with Crippen LogP contribution in [-0.4, -0.2) is 11.6 Å². The second-order valence-electron chi connectivity index (χ2n) is 3.43. The summed E-state index contributed by atoms with van der Waals surface area (Å²) in [7, 11) is 0. The molecule has 0 atom stereocenters. The van der Waals surface area contributed by atoms with Crippen LogP contribution in [0, 0.1) is 0 Å². The van der Waals surface area contributed by atoms with Crippen molar-refractivity contribution in [2.24, 2.45) is 0 Å². The molecule has 0 amide bonds. The molecule has 1 aromatic carbocycles. The van der Waals surface area contributed by atoms with Gasteiger partial charge in [-0.2, -0.15) is 0 Å². The quantitative estimate of drug-likeness (QED) is 0.718. The average Bonchev–Trinajstić information content (AvgIpc) is 2.53. The smallest absolute Gasteiger partial charge is 0.181 e. The van der Waals surface area contributed by atoms with Gasteiger partial charge in [-0.3, -0.25) is 0 Å². The van der Waals surface area contributed by atoms with Gasteiger partial charge >= 0.3 is 0 Å². The minimum Gasteiger partial charge on any atom is -0.493 e. The van der Waals surface area contributed by atoms with Crippen LogP contribution in [0.3, 0.4) is 0 Å². The molecule has 1 aliphatic heterocycles. The maximum atomic E-state index is 5.66. The van der Waals surface area contributed by atoms with E-state index in [1.54, 1.807) is 0 Å². The topological polar surface area (TPSA) is 48.1 Å². The number of thiazole rings is 1. The molecule has 0 saturated carbocycles. The third-order valence-electron chi connectivity index (χ3n) is 2.44. The van der Waals surface area contributed by atoms with E-state index in [1.165, 1.54) is 16.9 Å². The van der Waals surface area contributed by atoms with Crippen molar-refractivity contribution in [2.75, 3.05) is 12.3 Å². The zero-order chi connectivity index (χ0) is 9.54. The van der Waals surface area contributed by atoms with E-state index in [2.05, 4.69) is 17.1 Å². The number of nitrogen functional groups attached to an aromatic ring is 1. The molecule has 0 unspecified atom stereocenters. The molecule has 14 heavy (non-hydrogen) atoms. The fraction of sp³-hybridized carbons (Fsp3) is 0.300. The van der Waals surface area contributed by atoms with Crippen molar-refractivity contribution in [2.45, 2.75) is 12.8 Å². The molecule has 0 bridgehead atoms. The summed E-state index contributed by atoms with van der Waals surface area (Å²) in [6.07, 6.45) is 2.18. The molecule has 72 valence electrons. The van der Waals surface area contributed by atoms with Crippen molar-refractivity contribution in [3.8, 4) is 5.75 Å². The number of aromatic nitrogens is 1. The van der Waals surface area contributed by atoms with Crippen molar-refractivity contribution in [3.05, 3.63) is 17.7 Å². The zero-order valence-electron chi connectivity index (χ0n) is 7.62. The molecule has 0 saturated heterocycles. The van der Waals surface area contributed by atoms with Crippen molar-refractivity contribution in [1.82, 2.24) is 4.98 Å². The number of fused-ring (bicyclic) bond motifs is 2. The molecular weight excluding hydrogens is 196 g/mol. The molecule has 3 rings (SSSR count). The Morgan fingerprint density at radius 2 is 2.36 bits per heavy atom. The Morgan fingerprint density at radius 1 is 1.43 bits per heavy atom. The van der Waals surface area contributed by atoms with Gasteiger partial charge in [-0.1, -0.05) is 11.3 Å². The van der Waals surface area contributed by atoms with Crippen LogP contribution in [0.4, 0.5) is 5.13 Å². The third-order valence-corrected chi connectivity index (χ3v) is 3.28. The van der Waals surface area contributed by atoms with Crippen molar-refractivity contribution in [1.29, 1.82) is 0 Å². The fourth-order valence-corrected chi connectivity index (χ4v) is 2.54. The summed E-state index contributed by atoms with van der Waals surface area (Å²) in [5, 5.41) is 0.627. The second kappa shape index (κ2) is 2.85. The third kappa shape index (κ3) is 1.14. The summed E-state index contributed by atoms with van der Waals surface area (Å²) in [6, 6.07) is 4.15. The number of hydrogen-bond acceptors (Lipinski definition) is 4. The normalized spacial score (nSPS) is 15.1. The lowest BCUT2D eigenvalue weighted by atomic mass is 10.1. The van der Waals surface area contributed by atoms with Gasteiger partial charge in [0.2, 0.25) is 0 Å². The van der Waals surface area contributed by atoms with Crippen LogP contribution in [0.5, 0.6) is 5.75 Å². The van der Waals surface area contributed by atoms with Crippen LogP contribution >= 0.6 is 11.3 Å². The lowest BCUT2D eigenvalue weighted by Crippen LogP contribution is -2.07. The first kappa shape index (κ1) is 8.05. The molecule has 1 aliphatic rings. The van der Waals surface area contributed by atoms with Crippen LogP contribution in [0.1, 0.15) is 12.0 Å². The number of nitrogens with two attached hydrogens (primary N) is 1. The molecule has 2 heterocycles. The summed E-state index contributed by atoms with van der Waals surface area (Å²) >= 11 is 1.51. The first-order valence-electron chi connectivity index (χ1n) is 4.65. The Morgan fingerprint density at radius 3 is 3.29 bits per heavy atom. The minimum absolute atomic E-state index is 0.627. The van der Waals surface area contributed by atoms with E-state index in [1.807, 2.05) is 0 Å². The van der Waals surface area contributed by atoms with Crippen LogP contribution in [0.15, 0.2) is 12.1 Å². The molecule has 0 radical (unpaired) electrons. The van der Waals surface area contributed by atoms with E-state index < -0.39 is 0 Å². The second-order valence-corrected chi connectivity index (χ2v) is 4.49. The molecule has 2 N–H and O–H groups in total. The van der Waals surface area contributed by atoms with Gasteiger partial charge in [0.1, 0.15) is 5.75 Å². The lowest BCUT2D eigenvalue weighted by molar-refractivity contribution is 0.289. The van der Waals surface area contributed by atoms with Crippen molar-refractivity contribution < 1.29 is 4.74 Å². The van der Waals surface area contributed by atoms with Gasteiger partial charge in [0.05, 0.1) is 16.8 Å². The molecule has 0 fully saturated rings. The Balaban J connectivity index is 2.26. The van der Waals surface area contributed by atoms with E-state index >= 15 is 0 Å². The van der Waals surface area contributed by atoms with Gasteiger partial charge in [-0.15, -0.1) is 0 Å². The minimum atomic E-state index is 0.627. The van der Waals surface area contributed by atoms with E-state index in [0.29, 0.717) is 5.13 Å². The van der Waals surface area contributed by atoms with Gasteiger partial charge in [0.25, 0.3) is 0 Å². The number of rotatable bonds is 0. The first-order chi connectivity index (χ1) is 6.83. The highest BCUT2D eigenvalue weighted by Crippen LogP contribution is 2.33. The fourth-order valence-electron chi connectivity index (χ4n) is 1.79. The van der Waals surface area contributed by atoms with Crippen LogP contribution in [0.2, 0.25) is 0 Å². The van der Waals surface area contributed by atoms with Gasteiger partial charge in [-0.05, 0) is 30.5 Å². The lowest BCUT2D eigenvalue weighted by Gasteiger charge is -2.16. The molecule has 3 nitrogen and oxygen atoms in total.